The Hall–Kier alpha value is -1.41. The molecule has 2 heterocycles. The van der Waals surface area contributed by atoms with Crippen molar-refractivity contribution in [2.75, 3.05) is 51.2 Å². The van der Waals surface area contributed by atoms with Gasteiger partial charge in [-0.2, -0.15) is 4.37 Å². The third-order valence-corrected chi connectivity index (χ3v) is 5.98. The maximum absolute atomic E-state index is 4.61. The van der Waals surface area contributed by atoms with Crippen LogP contribution in [0.5, 0.6) is 0 Å². The summed E-state index contributed by atoms with van der Waals surface area (Å²) in [7, 11) is 1.88. The smallest absolute Gasteiger partial charge is 0.205 e. The van der Waals surface area contributed by atoms with Crippen molar-refractivity contribution in [2.45, 2.75) is 52.1 Å². The van der Waals surface area contributed by atoms with E-state index >= 15 is 0 Å². The van der Waals surface area contributed by atoms with Gasteiger partial charge in [0.25, 0.3) is 0 Å². The summed E-state index contributed by atoms with van der Waals surface area (Å²) < 4.78 is 4.41. The number of guanidine groups is 1. The zero-order valence-corrected chi connectivity index (χ0v) is 17.4. The lowest BCUT2D eigenvalue weighted by molar-refractivity contribution is 0.214. The van der Waals surface area contributed by atoms with Gasteiger partial charge in [-0.1, -0.05) is 6.92 Å². The van der Waals surface area contributed by atoms with Gasteiger partial charge in [0.05, 0.1) is 0 Å². The average Bonchev–Trinajstić information content (AvgIpc) is 3.37. The Labute approximate surface area is 161 Å². The average molecular weight is 380 g/mol. The highest BCUT2D eigenvalue weighted by Gasteiger charge is 2.30. The summed E-state index contributed by atoms with van der Waals surface area (Å²) in [5.41, 5.74) is 0. The van der Waals surface area contributed by atoms with Crippen LogP contribution in [0, 0.1) is 0 Å². The predicted octanol–water partition coefficient (Wildman–Crippen LogP) is 1.67. The molecule has 1 saturated carbocycles. The number of aryl methyl sites for hydroxylation is 1. The fourth-order valence-electron chi connectivity index (χ4n) is 3.52. The van der Waals surface area contributed by atoms with Gasteiger partial charge in [0.2, 0.25) is 5.13 Å². The Balaban J connectivity index is 1.44. The van der Waals surface area contributed by atoms with Crippen LogP contribution in [0.3, 0.4) is 0 Å². The van der Waals surface area contributed by atoms with Crippen LogP contribution in [0.15, 0.2) is 4.99 Å². The molecule has 0 atom stereocenters. The van der Waals surface area contributed by atoms with Gasteiger partial charge in [0.15, 0.2) is 5.96 Å². The van der Waals surface area contributed by atoms with Crippen LogP contribution in [0.4, 0.5) is 5.13 Å². The minimum absolute atomic E-state index is 0.620. The number of nitrogens with one attached hydrogen (secondary N) is 1. The molecule has 0 unspecified atom stereocenters. The quantitative estimate of drug-likeness (QED) is 0.574. The second kappa shape index (κ2) is 8.99. The molecule has 0 aromatic carbocycles. The lowest BCUT2D eigenvalue weighted by atomic mass is 10.3. The molecule has 1 aromatic heterocycles. The molecule has 0 bridgehead atoms. The molecule has 8 heteroatoms. The molecule has 1 N–H and O–H groups in total. The minimum Gasteiger partial charge on any atom is -0.355 e. The van der Waals surface area contributed by atoms with E-state index in [-0.39, 0.29) is 0 Å². The largest absolute Gasteiger partial charge is 0.355 e. The zero-order valence-electron chi connectivity index (χ0n) is 16.6. The summed E-state index contributed by atoms with van der Waals surface area (Å²) in [4.78, 5) is 16.4. The molecule has 2 aliphatic rings. The molecule has 0 spiro atoms. The zero-order chi connectivity index (χ0) is 18.5. The van der Waals surface area contributed by atoms with Crippen LogP contribution in [-0.4, -0.2) is 83.5 Å². The number of hydrogen-bond donors (Lipinski definition) is 1. The molecule has 0 radical (unpaired) electrons. The molecule has 26 heavy (non-hydrogen) atoms. The lowest BCUT2D eigenvalue weighted by Crippen LogP contribution is -2.53. The molecule has 7 nitrogen and oxygen atoms in total. The number of aromatic nitrogens is 2. The lowest BCUT2D eigenvalue weighted by Gasteiger charge is -2.36. The van der Waals surface area contributed by atoms with E-state index in [9.17, 15) is 0 Å². The Morgan fingerprint density at radius 1 is 1.31 bits per heavy atom. The van der Waals surface area contributed by atoms with Crippen molar-refractivity contribution < 1.29 is 0 Å². The first-order valence-corrected chi connectivity index (χ1v) is 10.7. The van der Waals surface area contributed by atoms with E-state index in [4.69, 9.17) is 0 Å². The van der Waals surface area contributed by atoms with E-state index in [1.54, 1.807) is 0 Å². The molecule has 3 rings (SSSR count). The highest BCUT2D eigenvalue weighted by atomic mass is 32.1. The fourth-order valence-corrected chi connectivity index (χ4v) is 4.33. The van der Waals surface area contributed by atoms with E-state index < -0.39 is 0 Å². The van der Waals surface area contributed by atoms with Crippen LogP contribution in [0.2, 0.25) is 0 Å². The fraction of sp³-hybridized carbons (Fsp3) is 0.833. The van der Waals surface area contributed by atoms with Gasteiger partial charge in [-0.25, -0.2) is 4.98 Å². The van der Waals surface area contributed by atoms with Crippen LogP contribution >= 0.6 is 11.5 Å². The van der Waals surface area contributed by atoms with Crippen molar-refractivity contribution in [2.24, 2.45) is 4.99 Å². The molecule has 1 aliphatic carbocycles. The van der Waals surface area contributed by atoms with E-state index in [2.05, 4.69) is 55.1 Å². The van der Waals surface area contributed by atoms with Gasteiger partial charge in [-0.05, 0) is 26.7 Å². The molecule has 1 aromatic rings. The standard InChI is InChI=1S/C18H33N7S/c1-5-16-21-18(26-22-16)24-12-10-23(11-13-24)17(19-4)20-8-9-25(14(2)3)15-6-7-15/h14-15H,5-13H2,1-4H3,(H,19,20). The first kappa shape index (κ1) is 19.4. The molecule has 146 valence electrons. The molecule has 1 saturated heterocycles. The Bertz CT molecular complexity index is 586. The molecule has 2 fully saturated rings. The van der Waals surface area contributed by atoms with E-state index in [0.717, 1.165) is 68.6 Å². The number of rotatable bonds is 7. The maximum atomic E-state index is 4.61. The minimum atomic E-state index is 0.620. The van der Waals surface area contributed by atoms with Gasteiger partial charge < -0.3 is 15.1 Å². The van der Waals surface area contributed by atoms with E-state index in [0.29, 0.717) is 6.04 Å². The van der Waals surface area contributed by atoms with E-state index in [1.165, 1.54) is 24.4 Å². The van der Waals surface area contributed by atoms with Crippen LogP contribution < -0.4 is 10.2 Å². The highest BCUT2D eigenvalue weighted by molar-refractivity contribution is 7.09. The number of anilines is 1. The third kappa shape index (κ3) is 4.85. The summed E-state index contributed by atoms with van der Waals surface area (Å²) in [6, 6.07) is 1.43. The van der Waals surface area contributed by atoms with Crippen molar-refractivity contribution in [1.29, 1.82) is 0 Å². The van der Waals surface area contributed by atoms with Crippen LogP contribution in [0.1, 0.15) is 39.4 Å². The van der Waals surface area contributed by atoms with Gasteiger partial charge in [0.1, 0.15) is 5.82 Å². The number of nitrogens with zero attached hydrogens (tertiary/aromatic N) is 6. The molecular weight excluding hydrogens is 346 g/mol. The summed E-state index contributed by atoms with van der Waals surface area (Å²) in [5, 5.41) is 4.62. The monoisotopic (exact) mass is 379 g/mol. The van der Waals surface area contributed by atoms with Gasteiger partial charge in [-0.15, -0.1) is 0 Å². The van der Waals surface area contributed by atoms with Crippen molar-refractivity contribution in [3.8, 4) is 0 Å². The number of piperazine rings is 1. The van der Waals surface area contributed by atoms with Crippen LogP contribution in [-0.2, 0) is 6.42 Å². The van der Waals surface area contributed by atoms with Gasteiger partial charge in [0, 0.05) is 76.4 Å². The maximum Gasteiger partial charge on any atom is 0.205 e. The van der Waals surface area contributed by atoms with Gasteiger partial charge in [-0.3, -0.25) is 9.89 Å². The van der Waals surface area contributed by atoms with Gasteiger partial charge >= 0.3 is 0 Å². The summed E-state index contributed by atoms with van der Waals surface area (Å²) in [6.45, 7) is 12.6. The normalized spacial score (nSPS) is 18.9. The Morgan fingerprint density at radius 3 is 2.58 bits per heavy atom. The van der Waals surface area contributed by atoms with Crippen molar-refractivity contribution in [3.05, 3.63) is 5.82 Å². The Kier molecular flexibility index (Phi) is 6.69. The Morgan fingerprint density at radius 2 is 2.04 bits per heavy atom. The molecule has 1 aliphatic heterocycles. The van der Waals surface area contributed by atoms with Crippen molar-refractivity contribution in [1.82, 2.24) is 24.5 Å². The van der Waals surface area contributed by atoms with Crippen molar-refractivity contribution in [3.63, 3.8) is 0 Å². The second-order valence-electron chi connectivity index (χ2n) is 7.36. The van der Waals surface area contributed by atoms with E-state index in [1.807, 2.05) is 7.05 Å². The SMILES string of the molecule is CCc1nsc(N2CCN(C(=NC)NCCN(C(C)C)C3CC3)CC2)n1. The number of aliphatic imine (C=N–C) groups is 1. The molecular formula is C18H33N7S. The topological polar surface area (TPSA) is 59.9 Å². The summed E-state index contributed by atoms with van der Waals surface area (Å²) in [6.07, 6.45) is 3.63. The van der Waals surface area contributed by atoms with Crippen molar-refractivity contribution >= 4 is 22.6 Å². The first-order chi connectivity index (χ1) is 12.6. The summed E-state index contributed by atoms with van der Waals surface area (Å²) >= 11 is 1.52. The second-order valence-corrected chi connectivity index (χ2v) is 8.09. The molecule has 0 amide bonds. The van der Waals surface area contributed by atoms with Crippen LogP contribution in [0.25, 0.3) is 0 Å². The highest BCUT2D eigenvalue weighted by Crippen LogP contribution is 2.28. The first-order valence-electron chi connectivity index (χ1n) is 9.91. The third-order valence-electron chi connectivity index (χ3n) is 5.17. The number of hydrogen-bond acceptors (Lipinski definition) is 6. The predicted molar refractivity (Wildman–Crippen MR) is 109 cm³/mol. The summed E-state index contributed by atoms with van der Waals surface area (Å²) in [5.74, 6) is 1.98.